The molecule has 4 aromatic rings. The van der Waals surface area contributed by atoms with Crippen molar-refractivity contribution in [3.8, 4) is 16.9 Å². The number of furan rings is 1. The van der Waals surface area contributed by atoms with E-state index in [4.69, 9.17) is 9.15 Å². The molecule has 0 aliphatic carbocycles. The highest BCUT2D eigenvalue weighted by molar-refractivity contribution is 6.01. The summed E-state index contributed by atoms with van der Waals surface area (Å²) in [5.41, 5.74) is 4.70. The average molecular weight is 456 g/mol. The van der Waals surface area contributed by atoms with Crippen LogP contribution in [0.2, 0.25) is 0 Å². The number of fused-ring (bicyclic) bond motifs is 2. The molecule has 0 unspecified atom stereocenters. The second kappa shape index (κ2) is 10.6. The fraction of sp³-hybridized carbons (Fsp3) is 0.300. The molecule has 0 saturated heterocycles. The fourth-order valence-electron chi connectivity index (χ4n) is 4.44. The quantitative estimate of drug-likeness (QED) is 0.243. The molecule has 4 rings (SSSR count). The van der Waals surface area contributed by atoms with E-state index < -0.39 is 0 Å². The van der Waals surface area contributed by atoms with Crippen LogP contribution in [0.3, 0.4) is 0 Å². The highest BCUT2D eigenvalue weighted by atomic mass is 16.5. The van der Waals surface area contributed by atoms with Gasteiger partial charge < -0.3 is 14.1 Å². The van der Waals surface area contributed by atoms with Crippen molar-refractivity contribution in [1.82, 2.24) is 4.90 Å². The van der Waals surface area contributed by atoms with Gasteiger partial charge in [-0.2, -0.15) is 0 Å². The Morgan fingerprint density at radius 2 is 1.71 bits per heavy atom. The van der Waals surface area contributed by atoms with Crippen LogP contribution < -0.4 is 4.74 Å². The molecule has 0 spiro atoms. The third kappa shape index (κ3) is 4.86. The Labute approximate surface area is 201 Å². The number of ether oxygens (including phenoxy) is 1. The topological polar surface area (TPSA) is 42.7 Å². The Hall–Kier alpha value is -3.53. The molecule has 4 nitrogen and oxygen atoms in total. The molecule has 0 N–H and O–H groups in total. The summed E-state index contributed by atoms with van der Waals surface area (Å²) < 4.78 is 11.9. The van der Waals surface area contributed by atoms with Crippen LogP contribution in [0.25, 0.3) is 38.4 Å². The second-order valence-corrected chi connectivity index (χ2v) is 8.64. The van der Waals surface area contributed by atoms with Gasteiger partial charge in [0.2, 0.25) is 5.91 Å². The number of amides is 1. The Bertz CT molecular complexity index is 1330. The summed E-state index contributed by atoms with van der Waals surface area (Å²) in [6.07, 6.45) is 5.44. The normalized spacial score (nSPS) is 11.8. The molecule has 34 heavy (non-hydrogen) atoms. The van der Waals surface area contributed by atoms with Gasteiger partial charge in [0, 0.05) is 41.7 Å². The first-order chi connectivity index (χ1) is 16.5. The summed E-state index contributed by atoms with van der Waals surface area (Å²) in [4.78, 5) is 14.9. The molecule has 0 bridgehead atoms. The van der Waals surface area contributed by atoms with Crippen molar-refractivity contribution in [3.05, 3.63) is 72.5 Å². The predicted molar refractivity (Wildman–Crippen MR) is 141 cm³/mol. The zero-order valence-corrected chi connectivity index (χ0v) is 20.6. The third-order valence-corrected chi connectivity index (χ3v) is 6.10. The van der Waals surface area contributed by atoms with E-state index in [9.17, 15) is 4.79 Å². The van der Waals surface area contributed by atoms with Gasteiger partial charge in [-0.05, 0) is 60.7 Å². The number of nitrogens with zero attached hydrogens (tertiary/aromatic N) is 1. The van der Waals surface area contributed by atoms with Crippen LogP contribution in [0, 0.1) is 0 Å². The van der Waals surface area contributed by atoms with Crippen molar-refractivity contribution >= 4 is 33.2 Å². The summed E-state index contributed by atoms with van der Waals surface area (Å²) in [5.74, 6) is 0.777. The lowest BCUT2D eigenvalue weighted by molar-refractivity contribution is -0.126. The summed E-state index contributed by atoms with van der Waals surface area (Å²) in [6.45, 7) is 10.2. The van der Waals surface area contributed by atoms with Gasteiger partial charge in [-0.25, -0.2) is 0 Å². The van der Waals surface area contributed by atoms with Gasteiger partial charge in [0.25, 0.3) is 0 Å². The molecule has 0 aliphatic heterocycles. The maximum absolute atomic E-state index is 13.0. The number of hydrogen-bond acceptors (Lipinski definition) is 3. The number of carbonyl (C=O) groups is 1. The van der Waals surface area contributed by atoms with Crippen LogP contribution in [0.15, 0.2) is 71.4 Å². The molecule has 1 amide bonds. The lowest BCUT2D eigenvalue weighted by Crippen LogP contribution is -2.31. The maximum atomic E-state index is 13.0. The highest BCUT2D eigenvalue weighted by Crippen LogP contribution is 2.38. The highest BCUT2D eigenvalue weighted by Gasteiger charge is 2.17. The van der Waals surface area contributed by atoms with Gasteiger partial charge in [-0.3, -0.25) is 4.79 Å². The van der Waals surface area contributed by atoms with Crippen molar-refractivity contribution in [2.24, 2.45) is 0 Å². The number of carbonyl (C=O) groups excluding carboxylic acids is 1. The van der Waals surface area contributed by atoms with E-state index in [0.29, 0.717) is 6.61 Å². The molecule has 0 radical (unpaired) electrons. The van der Waals surface area contributed by atoms with E-state index in [2.05, 4.69) is 62.4 Å². The Kier molecular flexibility index (Phi) is 7.36. The second-order valence-electron chi connectivity index (χ2n) is 8.64. The number of hydrogen-bond donors (Lipinski definition) is 0. The van der Waals surface area contributed by atoms with Crippen LogP contribution in [0.4, 0.5) is 0 Å². The first-order valence-corrected chi connectivity index (χ1v) is 12.2. The summed E-state index contributed by atoms with van der Waals surface area (Å²) >= 11 is 0. The van der Waals surface area contributed by atoms with Crippen LogP contribution in [0.1, 0.15) is 46.1 Å². The van der Waals surface area contributed by atoms with Crippen molar-refractivity contribution in [3.63, 3.8) is 0 Å². The molecule has 1 aromatic heterocycles. The standard InChI is InChI=1S/C30H33NO3/c1-5-14-31(15-6-2)30(32)16-21(4)25-18-26-27(20-34-29(26)19-28(25)33-7-3)24-13-12-22-10-8-9-11-23(22)17-24/h8-13,16-20H,5-7,14-15H2,1-4H3/b21-16+. The molecular weight excluding hydrogens is 422 g/mol. The van der Waals surface area contributed by atoms with Gasteiger partial charge in [0.1, 0.15) is 11.3 Å². The van der Waals surface area contributed by atoms with Crippen LogP contribution in [0.5, 0.6) is 5.75 Å². The van der Waals surface area contributed by atoms with E-state index in [1.54, 1.807) is 6.08 Å². The lowest BCUT2D eigenvalue weighted by atomic mass is 9.97. The minimum Gasteiger partial charge on any atom is -0.493 e. The lowest BCUT2D eigenvalue weighted by Gasteiger charge is -2.20. The van der Waals surface area contributed by atoms with E-state index in [-0.39, 0.29) is 5.91 Å². The minimum atomic E-state index is 0.0469. The minimum absolute atomic E-state index is 0.0469. The molecule has 1 heterocycles. The Balaban J connectivity index is 1.79. The molecule has 0 aliphatic rings. The first-order valence-electron chi connectivity index (χ1n) is 12.2. The van der Waals surface area contributed by atoms with Crippen molar-refractivity contribution in [2.45, 2.75) is 40.5 Å². The fourth-order valence-corrected chi connectivity index (χ4v) is 4.44. The monoisotopic (exact) mass is 455 g/mol. The van der Waals surface area contributed by atoms with Gasteiger partial charge in [0.15, 0.2) is 0 Å². The zero-order valence-electron chi connectivity index (χ0n) is 20.6. The maximum Gasteiger partial charge on any atom is 0.246 e. The largest absolute Gasteiger partial charge is 0.493 e. The van der Waals surface area contributed by atoms with Crippen LogP contribution in [-0.2, 0) is 4.79 Å². The van der Waals surface area contributed by atoms with Crippen molar-refractivity contribution in [2.75, 3.05) is 19.7 Å². The number of rotatable bonds is 9. The smallest absolute Gasteiger partial charge is 0.246 e. The molecule has 4 heteroatoms. The average Bonchev–Trinajstić information content (AvgIpc) is 3.26. The molecule has 3 aromatic carbocycles. The van der Waals surface area contributed by atoms with E-state index in [0.717, 1.165) is 64.9 Å². The zero-order chi connectivity index (χ0) is 24.1. The van der Waals surface area contributed by atoms with Gasteiger partial charge in [0.05, 0.1) is 12.9 Å². The summed E-state index contributed by atoms with van der Waals surface area (Å²) in [5, 5.41) is 3.40. The van der Waals surface area contributed by atoms with Gasteiger partial charge >= 0.3 is 0 Å². The van der Waals surface area contributed by atoms with Crippen LogP contribution in [-0.4, -0.2) is 30.5 Å². The van der Waals surface area contributed by atoms with Crippen molar-refractivity contribution < 1.29 is 13.9 Å². The summed E-state index contributed by atoms with van der Waals surface area (Å²) in [6, 6.07) is 18.8. The van der Waals surface area contributed by atoms with E-state index in [1.807, 2.05) is 31.1 Å². The van der Waals surface area contributed by atoms with Crippen LogP contribution >= 0.6 is 0 Å². The third-order valence-electron chi connectivity index (χ3n) is 6.10. The SMILES string of the molecule is CCCN(CCC)C(=O)/C=C(\C)c1cc2c(-c3ccc4ccccc4c3)coc2cc1OCC. The van der Waals surface area contributed by atoms with E-state index >= 15 is 0 Å². The van der Waals surface area contributed by atoms with Gasteiger partial charge in [-0.15, -0.1) is 0 Å². The number of benzene rings is 3. The van der Waals surface area contributed by atoms with Crippen molar-refractivity contribution in [1.29, 1.82) is 0 Å². The molecule has 176 valence electrons. The molecule has 0 atom stereocenters. The molecule has 0 saturated carbocycles. The van der Waals surface area contributed by atoms with E-state index in [1.165, 1.54) is 10.8 Å². The Morgan fingerprint density at radius 1 is 0.971 bits per heavy atom. The molecular formula is C30H33NO3. The predicted octanol–water partition coefficient (Wildman–Crippen LogP) is 7.70. The summed E-state index contributed by atoms with van der Waals surface area (Å²) in [7, 11) is 0. The molecule has 0 fully saturated rings. The van der Waals surface area contributed by atoms with Gasteiger partial charge in [-0.1, -0.05) is 50.2 Å². The number of allylic oxidation sites excluding steroid dienone is 1. The first kappa shape index (κ1) is 23.6. The Morgan fingerprint density at radius 3 is 2.41 bits per heavy atom.